The first-order valence-electron chi connectivity index (χ1n) is 10.2. The lowest BCUT2D eigenvalue weighted by atomic mass is 10.1. The maximum Gasteiger partial charge on any atom is 0.251 e. The smallest absolute Gasteiger partial charge is 0.251 e. The van der Waals surface area contributed by atoms with E-state index in [0.29, 0.717) is 27.4 Å². The monoisotopic (exact) mass is 519 g/mol. The molecule has 178 valence electrons. The van der Waals surface area contributed by atoms with E-state index in [0.717, 1.165) is 11.8 Å². The molecule has 0 saturated heterocycles. The van der Waals surface area contributed by atoms with E-state index in [-0.39, 0.29) is 29.9 Å². The van der Waals surface area contributed by atoms with Gasteiger partial charge in [-0.15, -0.1) is 0 Å². The third-order valence-corrected chi connectivity index (χ3v) is 7.06. The second kappa shape index (κ2) is 10.9. The average Bonchev–Trinajstić information content (AvgIpc) is 2.82. The average molecular weight is 520 g/mol. The number of nitrogens with one attached hydrogen (secondary N) is 2. The molecule has 10 heteroatoms. The van der Waals surface area contributed by atoms with Gasteiger partial charge in [-0.05, 0) is 53.6 Å². The molecule has 0 unspecified atom stereocenters. The van der Waals surface area contributed by atoms with Gasteiger partial charge in [-0.3, -0.25) is 13.9 Å². The molecular formula is C24H23Cl2N3O4S. The Bertz CT molecular complexity index is 1290. The maximum absolute atomic E-state index is 12.6. The molecule has 0 bridgehead atoms. The summed E-state index contributed by atoms with van der Waals surface area (Å²) in [5.74, 6) is -0.498. The van der Waals surface area contributed by atoms with Crippen molar-refractivity contribution in [1.29, 1.82) is 0 Å². The maximum atomic E-state index is 12.6. The SMILES string of the molecule is CNC(=O)c1ccc(CNC(=O)c2ccc(N(Cc3cccc(Cl)c3Cl)S(C)(=O)=O)cc2)cc1. The van der Waals surface area contributed by atoms with E-state index in [4.69, 9.17) is 23.2 Å². The highest BCUT2D eigenvalue weighted by Gasteiger charge is 2.20. The van der Waals surface area contributed by atoms with Crippen LogP contribution in [0, 0.1) is 0 Å². The molecule has 0 saturated carbocycles. The van der Waals surface area contributed by atoms with Crippen molar-refractivity contribution in [3.05, 3.63) is 99.0 Å². The van der Waals surface area contributed by atoms with Gasteiger partial charge in [0.05, 0.1) is 28.5 Å². The van der Waals surface area contributed by atoms with Crippen molar-refractivity contribution < 1.29 is 18.0 Å². The van der Waals surface area contributed by atoms with Gasteiger partial charge in [0, 0.05) is 24.7 Å². The molecule has 0 radical (unpaired) electrons. The van der Waals surface area contributed by atoms with Crippen LogP contribution in [-0.2, 0) is 23.1 Å². The molecule has 7 nitrogen and oxygen atoms in total. The number of amides is 2. The van der Waals surface area contributed by atoms with Crippen LogP contribution in [0.25, 0.3) is 0 Å². The Kier molecular flexibility index (Phi) is 8.19. The van der Waals surface area contributed by atoms with Crippen LogP contribution >= 0.6 is 23.2 Å². The van der Waals surface area contributed by atoms with Crippen LogP contribution in [0.2, 0.25) is 10.0 Å². The second-order valence-electron chi connectivity index (χ2n) is 7.49. The summed E-state index contributed by atoms with van der Waals surface area (Å²) in [5.41, 5.74) is 2.69. The summed E-state index contributed by atoms with van der Waals surface area (Å²) in [6, 6.07) is 18.1. The first-order chi connectivity index (χ1) is 16.1. The van der Waals surface area contributed by atoms with Crippen LogP contribution in [-0.4, -0.2) is 33.5 Å². The van der Waals surface area contributed by atoms with E-state index in [1.165, 1.54) is 4.31 Å². The molecule has 0 atom stereocenters. The quantitative estimate of drug-likeness (QED) is 0.464. The zero-order chi connectivity index (χ0) is 24.9. The van der Waals surface area contributed by atoms with Gasteiger partial charge in [0.2, 0.25) is 10.0 Å². The third-order valence-electron chi connectivity index (χ3n) is 5.06. The number of carbonyl (C=O) groups is 2. The molecule has 34 heavy (non-hydrogen) atoms. The number of benzene rings is 3. The fourth-order valence-corrected chi connectivity index (χ4v) is 4.47. The molecule has 2 amide bonds. The van der Waals surface area contributed by atoms with Gasteiger partial charge in [-0.25, -0.2) is 8.42 Å². The number of anilines is 1. The van der Waals surface area contributed by atoms with Crippen molar-refractivity contribution in [2.75, 3.05) is 17.6 Å². The highest BCUT2D eigenvalue weighted by atomic mass is 35.5. The van der Waals surface area contributed by atoms with Gasteiger partial charge in [-0.2, -0.15) is 0 Å². The van der Waals surface area contributed by atoms with E-state index >= 15 is 0 Å². The number of halogens is 2. The van der Waals surface area contributed by atoms with Crippen LogP contribution in [0.3, 0.4) is 0 Å². The van der Waals surface area contributed by atoms with Gasteiger partial charge < -0.3 is 10.6 Å². The zero-order valence-corrected chi connectivity index (χ0v) is 20.8. The molecule has 3 rings (SSSR count). The van der Waals surface area contributed by atoms with Crippen molar-refractivity contribution in [1.82, 2.24) is 10.6 Å². The van der Waals surface area contributed by atoms with Crippen molar-refractivity contribution in [3.63, 3.8) is 0 Å². The lowest BCUT2D eigenvalue weighted by molar-refractivity contribution is 0.0946. The Morgan fingerprint density at radius 2 is 1.47 bits per heavy atom. The van der Waals surface area contributed by atoms with Crippen molar-refractivity contribution >= 4 is 50.7 Å². The van der Waals surface area contributed by atoms with Crippen molar-refractivity contribution in [2.24, 2.45) is 0 Å². The van der Waals surface area contributed by atoms with Gasteiger partial charge in [-0.1, -0.05) is 47.5 Å². The minimum atomic E-state index is -3.63. The lowest BCUT2D eigenvalue weighted by Gasteiger charge is -2.23. The molecule has 0 heterocycles. The van der Waals surface area contributed by atoms with Crippen LogP contribution in [0.4, 0.5) is 5.69 Å². The van der Waals surface area contributed by atoms with E-state index in [9.17, 15) is 18.0 Å². The molecule has 0 aromatic heterocycles. The molecule has 0 spiro atoms. The highest BCUT2D eigenvalue weighted by molar-refractivity contribution is 7.92. The number of nitrogens with zero attached hydrogens (tertiary/aromatic N) is 1. The fraction of sp³-hybridized carbons (Fsp3) is 0.167. The molecule has 3 aromatic rings. The fourth-order valence-electron chi connectivity index (χ4n) is 3.21. The van der Waals surface area contributed by atoms with Crippen LogP contribution in [0.15, 0.2) is 66.7 Å². The normalized spacial score (nSPS) is 11.1. The summed E-state index contributed by atoms with van der Waals surface area (Å²) in [4.78, 5) is 24.2. The highest BCUT2D eigenvalue weighted by Crippen LogP contribution is 2.29. The van der Waals surface area contributed by atoms with E-state index < -0.39 is 10.0 Å². The molecule has 0 aliphatic rings. The Hall–Kier alpha value is -3.07. The van der Waals surface area contributed by atoms with Crippen LogP contribution in [0.1, 0.15) is 31.8 Å². The topological polar surface area (TPSA) is 95.6 Å². The summed E-state index contributed by atoms with van der Waals surface area (Å²) < 4.78 is 26.1. The lowest BCUT2D eigenvalue weighted by Crippen LogP contribution is -2.29. The van der Waals surface area contributed by atoms with Crippen LogP contribution in [0.5, 0.6) is 0 Å². The predicted octanol–water partition coefficient (Wildman–Crippen LogP) is 4.25. The van der Waals surface area contributed by atoms with Crippen LogP contribution < -0.4 is 14.9 Å². The van der Waals surface area contributed by atoms with Crippen molar-refractivity contribution in [2.45, 2.75) is 13.1 Å². The standard InChI is InChI=1S/C24H23Cl2N3O4S/c1-27-23(30)17-8-6-16(7-9-17)14-28-24(31)18-10-12-20(13-11-18)29(34(2,32)33)15-19-4-3-5-21(25)22(19)26/h3-13H,14-15H2,1-2H3,(H,27,30)(H,28,31). The third kappa shape index (κ3) is 6.28. The number of carbonyl (C=O) groups excluding carboxylic acids is 2. The zero-order valence-electron chi connectivity index (χ0n) is 18.5. The van der Waals surface area contributed by atoms with Gasteiger partial charge in [0.25, 0.3) is 11.8 Å². The predicted molar refractivity (Wildman–Crippen MR) is 135 cm³/mol. The minimum absolute atomic E-state index is 0.00415. The largest absolute Gasteiger partial charge is 0.355 e. The molecule has 3 aromatic carbocycles. The first kappa shape index (κ1) is 25.6. The Morgan fingerprint density at radius 1 is 0.882 bits per heavy atom. The Labute approximate surface area is 208 Å². The Balaban J connectivity index is 1.71. The van der Waals surface area contributed by atoms with E-state index in [1.54, 1.807) is 73.8 Å². The van der Waals surface area contributed by atoms with Crippen molar-refractivity contribution in [3.8, 4) is 0 Å². The number of sulfonamides is 1. The molecular weight excluding hydrogens is 497 g/mol. The second-order valence-corrected chi connectivity index (χ2v) is 10.2. The molecule has 0 aliphatic heterocycles. The molecule has 0 fully saturated rings. The van der Waals surface area contributed by atoms with Gasteiger partial charge in [0.1, 0.15) is 0 Å². The van der Waals surface area contributed by atoms with E-state index in [2.05, 4.69) is 10.6 Å². The molecule has 0 aliphatic carbocycles. The summed E-state index contributed by atoms with van der Waals surface area (Å²) in [7, 11) is -2.08. The molecule has 2 N–H and O–H groups in total. The number of rotatable bonds is 8. The summed E-state index contributed by atoms with van der Waals surface area (Å²) in [6.45, 7) is 0.271. The van der Waals surface area contributed by atoms with Gasteiger partial charge in [0.15, 0.2) is 0 Å². The number of hydrogen-bond acceptors (Lipinski definition) is 4. The number of hydrogen-bond donors (Lipinski definition) is 2. The van der Waals surface area contributed by atoms with E-state index in [1.807, 2.05) is 0 Å². The summed E-state index contributed by atoms with van der Waals surface area (Å²) in [6.07, 6.45) is 1.10. The first-order valence-corrected chi connectivity index (χ1v) is 12.8. The Morgan fingerprint density at radius 3 is 2.06 bits per heavy atom. The minimum Gasteiger partial charge on any atom is -0.355 e. The van der Waals surface area contributed by atoms with Gasteiger partial charge >= 0.3 is 0 Å². The summed E-state index contributed by atoms with van der Waals surface area (Å²) >= 11 is 12.3. The summed E-state index contributed by atoms with van der Waals surface area (Å²) in [5, 5.41) is 5.98.